The minimum Gasteiger partial charge on any atom is -0.336 e. The highest BCUT2D eigenvalue weighted by Gasteiger charge is 2.09. The number of hydrogen-bond acceptors (Lipinski definition) is 2. The quantitative estimate of drug-likeness (QED) is 0.809. The van der Waals surface area contributed by atoms with Crippen LogP contribution < -0.4 is 0 Å². The number of imidazole rings is 1. The Kier molecular flexibility index (Phi) is 3.20. The molecule has 1 aromatic carbocycles. The fraction of sp³-hybridized carbons (Fsp3) is 0.231. The number of aryl methyl sites for hydroxylation is 2. The summed E-state index contributed by atoms with van der Waals surface area (Å²) < 4.78 is 15.2. The number of halogens is 1. The third-order valence-electron chi connectivity index (χ3n) is 2.75. The standard InChI is InChI=1S/C13H12FN3/c1-17-9-16-12(8-15)13(17)7-6-10-4-2-3-5-11(10)14/h2-5,9H,6-7H2,1H3. The summed E-state index contributed by atoms with van der Waals surface area (Å²) in [5, 5.41) is 8.88. The lowest BCUT2D eigenvalue weighted by Gasteiger charge is -2.04. The third-order valence-corrected chi connectivity index (χ3v) is 2.75. The molecule has 1 heterocycles. The zero-order chi connectivity index (χ0) is 12.3. The number of rotatable bonds is 3. The molecular formula is C13H12FN3. The fourth-order valence-corrected chi connectivity index (χ4v) is 1.80. The fourth-order valence-electron chi connectivity index (χ4n) is 1.80. The van der Waals surface area contributed by atoms with Crippen molar-refractivity contribution in [1.29, 1.82) is 5.26 Å². The Labute approximate surface area is 99.1 Å². The van der Waals surface area contributed by atoms with E-state index in [2.05, 4.69) is 4.98 Å². The van der Waals surface area contributed by atoms with Gasteiger partial charge < -0.3 is 4.57 Å². The zero-order valence-electron chi connectivity index (χ0n) is 9.52. The van der Waals surface area contributed by atoms with Crippen LogP contribution in [-0.2, 0) is 19.9 Å². The molecule has 0 aliphatic heterocycles. The van der Waals surface area contributed by atoms with Gasteiger partial charge in [0.05, 0.1) is 12.0 Å². The van der Waals surface area contributed by atoms with E-state index in [1.54, 1.807) is 23.0 Å². The van der Waals surface area contributed by atoms with Crippen molar-refractivity contribution in [1.82, 2.24) is 9.55 Å². The lowest BCUT2D eigenvalue weighted by Crippen LogP contribution is -2.01. The van der Waals surface area contributed by atoms with Crippen LogP contribution in [0.15, 0.2) is 30.6 Å². The van der Waals surface area contributed by atoms with Crippen LogP contribution in [0, 0.1) is 17.1 Å². The van der Waals surface area contributed by atoms with Gasteiger partial charge in [0.1, 0.15) is 11.9 Å². The first kappa shape index (κ1) is 11.3. The maximum Gasteiger partial charge on any atom is 0.161 e. The molecule has 0 unspecified atom stereocenters. The number of nitriles is 1. The molecule has 17 heavy (non-hydrogen) atoms. The van der Waals surface area contributed by atoms with E-state index in [1.165, 1.54) is 6.07 Å². The number of aromatic nitrogens is 2. The first-order valence-corrected chi connectivity index (χ1v) is 5.36. The largest absolute Gasteiger partial charge is 0.336 e. The van der Waals surface area contributed by atoms with E-state index in [1.807, 2.05) is 19.2 Å². The molecule has 0 aliphatic rings. The maximum atomic E-state index is 13.4. The van der Waals surface area contributed by atoms with E-state index >= 15 is 0 Å². The lowest BCUT2D eigenvalue weighted by atomic mass is 10.1. The van der Waals surface area contributed by atoms with Crippen LogP contribution in [0.3, 0.4) is 0 Å². The summed E-state index contributed by atoms with van der Waals surface area (Å²) in [6.07, 6.45) is 2.79. The summed E-state index contributed by atoms with van der Waals surface area (Å²) in [4.78, 5) is 3.98. The molecule has 1 aromatic heterocycles. The van der Waals surface area contributed by atoms with Gasteiger partial charge in [-0.2, -0.15) is 5.26 Å². The van der Waals surface area contributed by atoms with Gasteiger partial charge in [0, 0.05) is 7.05 Å². The monoisotopic (exact) mass is 229 g/mol. The normalized spacial score (nSPS) is 10.2. The van der Waals surface area contributed by atoms with Crippen LogP contribution in [0.1, 0.15) is 17.0 Å². The highest BCUT2D eigenvalue weighted by atomic mass is 19.1. The molecule has 2 rings (SSSR count). The predicted molar refractivity (Wildman–Crippen MR) is 61.7 cm³/mol. The van der Waals surface area contributed by atoms with Gasteiger partial charge in [0.25, 0.3) is 0 Å². The average Bonchev–Trinajstić information content (AvgIpc) is 2.69. The van der Waals surface area contributed by atoms with Crippen molar-refractivity contribution in [2.75, 3.05) is 0 Å². The molecular weight excluding hydrogens is 217 g/mol. The molecule has 0 amide bonds. The van der Waals surface area contributed by atoms with Crippen LogP contribution in [0.25, 0.3) is 0 Å². The Morgan fingerprint density at radius 1 is 1.35 bits per heavy atom. The average molecular weight is 229 g/mol. The summed E-state index contributed by atoms with van der Waals surface area (Å²) in [5.41, 5.74) is 1.93. The number of benzene rings is 1. The van der Waals surface area contributed by atoms with Gasteiger partial charge in [-0.15, -0.1) is 0 Å². The molecule has 0 bridgehead atoms. The van der Waals surface area contributed by atoms with Crippen LogP contribution in [-0.4, -0.2) is 9.55 Å². The Morgan fingerprint density at radius 2 is 2.12 bits per heavy atom. The zero-order valence-corrected chi connectivity index (χ0v) is 9.52. The van der Waals surface area contributed by atoms with Gasteiger partial charge >= 0.3 is 0 Å². The summed E-state index contributed by atoms with van der Waals surface area (Å²) >= 11 is 0. The molecule has 2 aromatic rings. The van der Waals surface area contributed by atoms with Crippen LogP contribution in [0.5, 0.6) is 0 Å². The Balaban J connectivity index is 2.16. The summed E-state index contributed by atoms with van der Waals surface area (Å²) in [7, 11) is 1.84. The second-order valence-electron chi connectivity index (χ2n) is 3.85. The van der Waals surface area contributed by atoms with Crippen LogP contribution >= 0.6 is 0 Å². The smallest absolute Gasteiger partial charge is 0.161 e. The minimum atomic E-state index is -0.201. The van der Waals surface area contributed by atoms with Crippen molar-refractivity contribution >= 4 is 0 Å². The van der Waals surface area contributed by atoms with E-state index in [0.717, 1.165) is 5.69 Å². The van der Waals surface area contributed by atoms with Gasteiger partial charge in [-0.25, -0.2) is 9.37 Å². The summed E-state index contributed by atoms with van der Waals surface area (Å²) in [6, 6.07) is 8.73. The van der Waals surface area contributed by atoms with E-state index in [4.69, 9.17) is 5.26 Å². The van der Waals surface area contributed by atoms with Crippen LogP contribution in [0.2, 0.25) is 0 Å². The number of hydrogen-bond donors (Lipinski definition) is 0. The summed E-state index contributed by atoms with van der Waals surface area (Å²) in [6.45, 7) is 0. The molecule has 0 saturated heterocycles. The molecule has 86 valence electrons. The van der Waals surface area contributed by atoms with Crippen molar-refractivity contribution in [2.45, 2.75) is 12.8 Å². The maximum absolute atomic E-state index is 13.4. The SMILES string of the molecule is Cn1cnc(C#N)c1CCc1ccccc1F. The van der Waals surface area contributed by atoms with E-state index in [0.29, 0.717) is 24.1 Å². The van der Waals surface area contributed by atoms with Gasteiger partial charge in [0.2, 0.25) is 0 Å². The lowest BCUT2D eigenvalue weighted by molar-refractivity contribution is 0.607. The first-order chi connectivity index (χ1) is 8.22. The van der Waals surface area contributed by atoms with Gasteiger partial charge in [-0.05, 0) is 24.5 Å². The van der Waals surface area contributed by atoms with Crippen molar-refractivity contribution in [3.05, 3.63) is 53.4 Å². The van der Waals surface area contributed by atoms with Crippen molar-refractivity contribution in [2.24, 2.45) is 7.05 Å². The van der Waals surface area contributed by atoms with Gasteiger partial charge in [0.15, 0.2) is 5.69 Å². The highest BCUT2D eigenvalue weighted by molar-refractivity contribution is 5.28. The van der Waals surface area contributed by atoms with Crippen molar-refractivity contribution < 1.29 is 4.39 Å². The minimum absolute atomic E-state index is 0.201. The molecule has 0 saturated carbocycles. The molecule has 0 N–H and O–H groups in total. The van der Waals surface area contributed by atoms with Gasteiger partial charge in [-0.1, -0.05) is 18.2 Å². The van der Waals surface area contributed by atoms with Crippen molar-refractivity contribution in [3.8, 4) is 6.07 Å². The van der Waals surface area contributed by atoms with E-state index in [9.17, 15) is 4.39 Å². The first-order valence-electron chi connectivity index (χ1n) is 5.36. The molecule has 0 fully saturated rings. The molecule has 3 nitrogen and oxygen atoms in total. The number of nitrogens with zero attached hydrogens (tertiary/aromatic N) is 3. The molecule has 4 heteroatoms. The third kappa shape index (κ3) is 2.34. The Hall–Kier alpha value is -2.15. The van der Waals surface area contributed by atoms with Gasteiger partial charge in [-0.3, -0.25) is 0 Å². The topological polar surface area (TPSA) is 41.6 Å². The second kappa shape index (κ2) is 4.79. The molecule has 0 atom stereocenters. The van der Waals surface area contributed by atoms with Crippen molar-refractivity contribution in [3.63, 3.8) is 0 Å². The molecule has 0 aliphatic carbocycles. The highest BCUT2D eigenvalue weighted by Crippen LogP contribution is 2.12. The Morgan fingerprint density at radius 3 is 2.82 bits per heavy atom. The van der Waals surface area contributed by atoms with E-state index < -0.39 is 0 Å². The molecule has 0 radical (unpaired) electrons. The predicted octanol–water partition coefficient (Wildman–Crippen LogP) is 2.22. The van der Waals surface area contributed by atoms with Crippen LogP contribution in [0.4, 0.5) is 4.39 Å². The summed E-state index contributed by atoms with van der Waals surface area (Å²) in [5.74, 6) is -0.201. The van der Waals surface area contributed by atoms with E-state index in [-0.39, 0.29) is 5.82 Å². The second-order valence-corrected chi connectivity index (χ2v) is 3.85. The molecule has 0 spiro atoms. The Bertz CT molecular complexity index is 566.